The number of hydrogen-bond acceptors (Lipinski definition) is 2. The van der Waals surface area contributed by atoms with E-state index in [4.69, 9.17) is 5.11 Å². The Morgan fingerprint density at radius 3 is 2.40 bits per heavy atom. The van der Waals surface area contributed by atoms with E-state index in [0.717, 1.165) is 12.8 Å². The van der Waals surface area contributed by atoms with Crippen molar-refractivity contribution in [3.63, 3.8) is 0 Å². The molecule has 1 atom stereocenters. The minimum atomic E-state index is -0.997. The molecule has 0 heterocycles. The summed E-state index contributed by atoms with van der Waals surface area (Å²) in [5.41, 5.74) is -0.510. The Bertz CT molecular complexity index is 267. The van der Waals surface area contributed by atoms with Gasteiger partial charge in [-0.05, 0) is 33.6 Å². The zero-order valence-corrected chi connectivity index (χ0v) is 9.62. The molecule has 4 nitrogen and oxygen atoms in total. The summed E-state index contributed by atoms with van der Waals surface area (Å²) in [4.78, 5) is 24.1. The first-order valence-electron chi connectivity index (χ1n) is 5.39. The number of ketones is 1. The molecule has 15 heavy (non-hydrogen) atoms. The number of hydrogen-bond donors (Lipinski definition) is 1. The fourth-order valence-corrected chi connectivity index (χ4v) is 2.13. The normalized spacial score (nSPS) is 22.6. The number of carbonyl (C=O) groups excluding carboxylic acids is 1. The molecule has 0 unspecified atom stereocenters. The van der Waals surface area contributed by atoms with E-state index in [0.29, 0.717) is 12.8 Å². The number of amides is 1. The second kappa shape index (κ2) is 4.21. The minimum Gasteiger partial charge on any atom is -0.465 e. The predicted octanol–water partition coefficient (Wildman–Crippen LogP) is 2.28. The summed E-state index contributed by atoms with van der Waals surface area (Å²) in [5, 5.41) is 9.15. The molecular formula is C11H19NO3. The number of rotatable bonds is 1. The van der Waals surface area contributed by atoms with Crippen molar-refractivity contribution in [3.8, 4) is 0 Å². The number of nitrogens with zero attached hydrogens (tertiary/aromatic N) is 1. The smallest absolute Gasteiger partial charge is 0.408 e. The molecule has 4 heteroatoms. The van der Waals surface area contributed by atoms with Crippen molar-refractivity contribution in [1.82, 2.24) is 4.90 Å². The highest BCUT2D eigenvalue weighted by Crippen LogP contribution is 2.26. The summed E-state index contributed by atoms with van der Waals surface area (Å²) in [5.74, 6) is 0.0681. The van der Waals surface area contributed by atoms with E-state index in [1.165, 1.54) is 4.90 Å². The van der Waals surface area contributed by atoms with Crippen LogP contribution in [0.4, 0.5) is 4.79 Å². The monoisotopic (exact) mass is 213 g/mol. The molecule has 0 aliphatic heterocycles. The van der Waals surface area contributed by atoms with Crippen LogP contribution in [0, 0.1) is 0 Å². The van der Waals surface area contributed by atoms with Crippen LogP contribution in [0.3, 0.4) is 0 Å². The van der Waals surface area contributed by atoms with Gasteiger partial charge < -0.3 is 5.11 Å². The molecule has 1 saturated carbocycles. The summed E-state index contributed by atoms with van der Waals surface area (Å²) < 4.78 is 0. The van der Waals surface area contributed by atoms with Gasteiger partial charge in [0.05, 0.1) is 6.04 Å². The summed E-state index contributed by atoms with van der Waals surface area (Å²) >= 11 is 0. The van der Waals surface area contributed by atoms with Crippen molar-refractivity contribution < 1.29 is 14.7 Å². The predicted molar refractivity (Wildman–Crippen MR) is 56.9 cm³/mol. The van der Waals surface area contributed by atoms with E-state index in [-0.39, 0.29) is 5.78 Å². The molecule has 1 aliphatic carbocycles. The zero-order valence-electron chi connectivity index (χ0n) is 9.62. The first kappa shape index (κ1) is 12.0. The fourth-order valence-electron chi connectivity index (χ4n) is 2.13. The van der Waals surface area contributed by atoms with Crippen molar-refractivity contribution in [2.75, 3.05) is 0 Å². The van der Waals surface area contributed by atoms with Gasteiger partial charge in [0.2, 0.25) is 0 Å². The molecule has 0 aromatic carbocycles. The summed E-state index contributed by atoms with van der Waals surface area (Å²) in [6, 6.07) is -0.434. The lowest BCUT2D eigenvalue weighted by Gasteiger charge is -2.40. The molecule has 1 rings (SSSR count). The van der Waals surface area contributed by atoms with Crippen LogP contribution in [0.25, 0.3) is 0 Å². The SMILES string of the molecule is CC(C)(C)N(C(=O)O)[C@H]1CCCCC1=O. The number of carbonyl (C=O) groups is 2. The standard InChI is InChI=1S/C11H19NO3/c1-11(2,3)12(10(14)15)8-6-4-5-7-9(8)13/h8H,4-7H2,1-3H3,(H,14,15)/t8-/m0/s1. The second-order valence-corrected chi connectivity index (χ2v) is 5.05. The van der Waals surface area contributed by atoms with Gasteiger partial charge in [-0.3, -0.25) is 9.69 Å². The van der Waals surface area contributed by atoms with Gasteiger partial charge in [-0.15, -0.1) is 0 Å². The van der Waals surface area contributed by atoms with Crippen LogP contribution in [0.5, 0.6) is 0 Å². The van der Waals surface area contributed by atoms with E-state index in [1.807, 2.05) is 20.8 Å². The average molecular weight is 213 g/mol. The maximum absolute atomic E-state index is 11.7. The first-order chi connectivity index (χ1) is 6.84. The van der Waals surface area contributed by atoms with Crippen molar-refractivity contribution in [3.05, 3.63) is 0 Å². The fraction of sp³-hybridized carbons (Fsp3) is 0.818. The summed E-state index contributed by atoms with van der Waals surface area (Å²) in [7, 11) is 0. The van der Waals surface area contributed by atoms with Crippen LogP contribution >= 0.6 is 0 Å². The quantitative estimate of drug-likeness (QED) is 0.727. The highest BCUT2D eigenvalue weighted by Gasteiger charge is 2.37. The largest absolute Gasteiger partial charge is 0.465 e. The molecule has 86 valence electrons. The Morgan fingerprint density at radius 2 is 2.00 bits per heavy atom. The number of Topliss-reactive ketones (excluding diaryl/α,β-unsaturated/α-hetero) is 1. The van der Waals surface area contributed by atoms with Crippen LogP contribution in [-0.4, -0.2) is 33.5 Å². The lowest BCUT2D eigenvalue weighted by molar-refractivity contribution is -0.127. The Morgan fingerprint density at radius 1 is 1.40 bits per heavy atom. The second-order valence-electron chi connectivity index (χ2n) is 5.05. The van der Waals surface area contributed by atoms with Gasteiger partial charge in [0, 0.05) is 12.0 Å². The molecular weight excluding hydrogens is 194 g/mol. The van der Waals surface area contributed by atoms with Gasteiger partial charge in [0.15, 0.2) is 5.78 Å². The van der Waals surface area contributed by atoms with E-state index < -0.39 is 17.7 Å². The minimum absolute atomic E-state index is 0.0681. The molecule has 0 spiro atoms. The van der Waals surface area contributed by atoms with Crippen molar-refractivity contribution >= 4 is 11.9 Å². The molecule has 0 bridgehead atoms. The van der Waals surface area contributed by atoms with Crippen LogP contribution in [0.2, 0.25) is 0 Å². The average Bonchev–Trinajstić information content (AvgIpc) is 2.05. The third-order valence-electron chi connectivity index (χ3n) is 2.76. The summed E-state index contributed by atoms with van der Waals surface area (Å²) in [6.45, 7) is 5.47. The topological polar surface area (TPSA) is 57.6 Å². The molecule has 1 amide bonds. The first-order valence-corrected chi connectivity index (χ1v) is 5.39. The Balaban J connectivity index is 2.88. The number of carboxylic acid groups (broad SMARTS) is 1. The van der Waals surface area contributed by atoms with E-state index in [2.05, 4.69) is 0 Å². The van der Waals surface area contributed by atoms with Crippen LogP contribution in [0.15, 0.2) is 0 Å². The van der Waals surface area contributed by atoms with Crippen LogP contribution in [-0.2, 0) is 4.79 Å². The molecule has 0 saturated heterocycles. The maximum atomic E-state index is 11.7. The zero-order chi connectivity index (χ0) is 11.6. The maximum Gasteiger partial charge on any atom is 0.408 e. The lowest BCUT2D eigenvalue weighted by Crippen LogP contribution is -2.54. The Kier molecular flexibility index (Phi) is 3.37. The van der Waals surface area contributed by atoms with Crippen molar-refractivity contribution in [2.24, 2.45) is 0 Å². The highest BCUT2D eigenvalue weighted by atomic mass is 16.4. The molecule has 0 radical (unpaired) electrons. The Labute approximate surface area is 90.3 Å². The van der Waals surface area contributed by atoms with Gasteiger partial charge >= 0.3 is 6.09 Å². The third-order valence-corrected chi connectivity index (χ3v) is 2.76. The lowest BCUT2D eigenvalue weighted by atomic mass is 9.90. The Hall–Kier alpha value is -1.06. The molecule has 1 N–H and O–H groups in total. The van der Waals surface area contributed by atoms with E-state index in [1.54, 1.807) is 0 Å². The van der Waals surface area contributed by atoms with Crippen LogP contribution < -0.4 is 0 Å². The summed E-state index contributed by atoms with van der Waals surface area (Å²) in [6.07, 6.45) is 2.03. The van der Waals surface area contributed by atoms with Crippen molar-refractivity contribution in [1.29, 1.82) is 0 Å². The van der Waals surface area contributed by atoms with Crippen LogP contribution in [0.1, 0.15) is 46.5 Å². The van der Waals surface area contributed by atoms with Gasteiger partial charge in [-0.1, -0.05) is 6.42 Å². The molecule has 1 fully saturated rings. The van der Waals surface area contributed by atoms with E-state index >= 15 is 0 Å². The molecule has 0 aromatic heterocycles. The van der Waals surface area contributed by atoms with Gasteiger partial charge in [-0.25, -0.2) is 4.79 Å². The van der Waals surface area contributed by atoms with Gasteiger partial charge in [0.25, 0.3) is 0 Å². The molecule has 0 aromatic rings. The van der Waals surface area contributed by atoms with Gasteiger partial charge in [0.1, 0.15) is 0 Å². The van der Waals surface area contributed by atoms with Gasteiger partial charge in [-0.2, -0.15) is 0 Å². The third kappa shape index (κ3) is 2.70. The van der Waals surface area contributed by atoms with E-state index in [9.17, 15) is 9.59 Å². The molecule has 1 aliphatic rings. The van der Waals surface area contributed by atoms with Crippen molar-refractivity contribution in [2.45, 2.75) is 58.0 Å². The highest BCUT2D eigenvalue weighted by molar-refractivity contribution is 5.87.